The molecule has 0 aliphatic rings. The highest BCUT2D eigenvalue weighted by molar-refractivity contribution is 7.14. The van der Waals surface area contributed by atoms with Gasteiger partial charge in [-0.3, -0.25) is 4.79 Å². The van der Waals surface area contributed by atoms with Crippen molar-refractivity contribution in [2.75, 3.05) is 5.32 Å². The summed E-state index contributed by atoms with van der Waals surface area (Å²) in [7, 11) is 0. The van der Waals surface area contributed by atoms with Crippen molar-refractivity contribution in [2.24, 2.45) is 0 Å². The zero-order valence-electron chi connectivity index (χ0n) is 11.8. The Kier molecular flexibility index (Phi) is 5.05. The molecule has 1 aromatic carbocycles. The van der Waals surface area contributed by atoms with Gasteiger partial charge in [-0.1, -0.05) is 30.3 Å². The Morgan fingerprint density at radius 3 is 2.71 bits per heavy atom. The van der Waals surface area contributed by atoms with Gasteiger partial charge in [0.15, 0.2) is 10.8 Å². The van der Waals surface area contributed by atoms with E-state index in [2.05, 4.69) is 10.3 Å². The van der Waals surface area contributed by atoms with Crippen LogP contribution in [0.3, 0.4) is 0 Å². The van der Waals surface area contributed by atoms with Crippen LogP contribution in [0.1, 0.15) is 29.9 Å². The molecule has 0 radical (unpaired) electrons. The molecular formula is C15H16N2O3S. The predicted octanol–water partition coefficient (Wildman–Crippen LogP) is 2.89. The van der Waals surface area contributed by atoms with Gasteiger partial charge in [0.1, 0.15) is 6.10 Å². The lowest BCUT2D eigenvalue weighted by atomic mass is 10.1. The molecule has 0 saturated carbocycles. The summed E-state index contributed by atoms with van der Waals surface area (Å²) in [5.41, 5.74) is 1.32. The van der Waals surface area contributed by atoms with E-state index in [0.717, 1.165) is 5.56 Å². The highest BCUT2D eigenvalue weighted by Crippen LogP contribution is 2.17. The van der Waals surface area contributed by atoms with E-state index >= 15 is 0 Å². The van der Waals surface area contributed by atoms with E-state index < -0.39 is 5.97 Å². The molecule has 1 aromatic heterocycles. The Balaban J connectivity index is 1.91. The van der Waals surface area contributed by atoms with Crippen LogP contribution in [0.25, 0.3) is 0 Å². The van der Waals surface area contributed by atoms with Crippen LogP contribution >= 0.6 is 11.3 Å². The summed E-state index contributed by atoms with van der Waals surface area (Å²) in [6.45, 7) is 3.23. The molecule has 2 aromatic rings. The maximum absolute atomic E-state index is 12.0. The summed E-state index contributed by atoms with van der Waals surface area (Å²) in [6, 6.07) is 9.82. The summed E-state index contributed by atoms with van der Waals surface area (Å²) >= 11 is 1.19. The fourth-order valence-electron chi connectivity index (χ4n) is 1.81. The molecule has 0 bridgehead atoms. The fourth-order valence-corrected chi connectivity index (χ4v) is 2.53. The molecule has 5 nitrogen and oxygen atoms in total. The van der Waals surface area contributed by atoms with Gasteiger partial charge >= 0.3 is 5.97 Å². The Morgan fingerprint density at radius 2 is 2.05 bits per heavy atom. The Morgan fingerprint density at radius 1 is 1.33 bits per heavy atom. The summed E-state index contributed by atoms with van der Waals surface area (Å²) < 4.78 is 5.35. The first-order chi connectivity index (χ1) is 10.0. The average Bonchev–Trinajstić information content (AvgIpc) is 2.87. The summed E-state index contributed by atoms with van der Waals surface area (Å²) in [5.74, 6) is -0.701. The third kappa shape index (κ3) is 4.68. The van der Waals surface area contributed by atoms with E-state index in [1.54, 1.807) is 5.38 Å². The van der Waals surface area contributed by atoms with Gasteiger partial charge < -0.3 is 10.1 Å². The average molecular weight is 304 g/mol. The minimum absolute atomic E-state index is 0.212. The molecule has 110 valence electrons. The number of ether oxygens (including phenoxy) is 1. The van der Waals surface area contributed by atoms with Crippen molar-refractivity contribution in [3.05, 3.63) is 47.0 Å². The summed E-state index contributed by atoms with van der Waals surface area (Å²) in [5, 5.41) is 4.50. The van der Waals surface area contributed by atoms with E-state index in [-0.39, 0.29) is 17.7 Å². The zero-order valence-corrected chi connectivity index (χ0v) is 12.6. The first-order valence-electron chi connectivity index (χ1n) is 6.52. The van der Waals surface area contributed by atoms with Gasteiger partial charge in [0.05, 0.1) is 0 Å². The summed E-state index contributed by atoms with van der Waals surface area (Å²) in [6.07, 6.45) is 0.403. The van der Waals surface area contributed by atoms with Crippen LogP contribution in [-0.4, -0.2) is 23.0 Å². The number of esters is 1. The van der Waals surface area contributed by atoms with Crippen molar-refractivity contribution in [1.82, 2.24) is 4.98 Å². The van der Waals surface area contributed by atoms with E-state index in [1.807, 2.05) is 37.3 Å². The molecule has 21 heavy (non-hydrogen) atoms. The van der Waals surface area contributed by atoms with Gasteiger partial charge in [0, 0.05) is 18.7 Å². The highest BCUT2D eigenvalue weighted by Gasteiger charge is 2.16. The molecule has 0 saturated heterocycles. The second-order valence-electron chi connectivity index (χ2n) is 4.62. The third-order valence-electron chi connectivity index (χ3n) is 2.67. The first-order valence-corrected chi connectivity index (χ1v) is 7.40. The van der Waals surface area contributed by atoms with Crippen LogP contribution in [0.4, 0.5) is 5.13 Å². The molecule has 1 heterocycles. The molecule has 1 amide bonds. The molecule has 0 spiro atoms. The molecule has 0 unspecified atom stereocenters. The van der Waals surface area contributed by atoms with Crippen LogP contribution in [0.5, 0.6) is 0 Å². The van der Waals surface area contributed by atoms with Crippen LogP contribution < -0.4 is 5.32 Å². The first kappa shape index (κ1) is 15.2. The lowest BCUT2D eigenvalue weighted by Gasteiger charge is -2.12. The number of thiazole rings is 1. The van der Waals surface area contributed by atoms with Gasteiger partial charge in [-0.15, -0.1) is 11.3 Å². The van der Waals surface area contributed by atoms with E-state index in [0.29, 0.717) is 11.6 Å². The van der Waals surface area contributed by atoms with Crippen LogP contribution in [0.2, 0.25) is 0 Å². The number of nitrogens with zero attached hydrogens (tertiary/aromatic N) is 1. The standard InChI is InChI=1S/C15H16N2O3S/c1-10(8-12-6-4-3-5-7-12)20-14(19)13-9-21-15(17-13)16-11(2)18/h3-7,9-10H,8H2,1-2H3,(H,16,17,18)/t10-/m0/s1. The molecule has 1 atom stereocenters. The number of carbonyl (C=O) groups excluding carboxylic acids is 2. The van der Waals surface area contributed by atoms with Gasteiger partial charge in [-0.2, -0.15) is 0 Å². The zero-order chi connectivity index (χ0) is 15.2. The summed E-state index contributed by atoms with van der Waals surface area (Å²) in [4.78, 5) is 26.9. The van der Waals surface area contributed by atoms with Crippen molar-refractivity contribution in [1.29, 1.82) is 0 Å². The van der Waals surface area contributed by atoms with Gasteiger partial charge in [0.25, 0.3) is 0 Å². The largest absolute Gasteiger partial charge is 0.458 e. The van der Waals surface area contributed by atoms with Crippen molar-refractivity contribution < 1.29 is 14.3 Å². The number of anilines is 1. The molecule has 2 rings (SSSR count). The fraction of sp³-hybridized carbons (Fsp3) is 0.267. The third-order valence-corrected chi connectivity index (χ3v) is 3.43. The van der Waals surface area contributed by atoms with E-state index in [9.17, 15) is 9.59 Å². The normalized spacial score (nSPS) is 11.7. The Labute approximate surface area is 127 Å². The number of carbonyl (C=O) groups is 2. The quantitative estimate of drug-likeness (QED) is 0.862. The second-order valence-corrected chi connectivity index (χ2v) is 5.48. The molecule has 0 fully saturated rings. The number of aromatic nitrogens is 1. The number of hydrogen-bond donors (Lipinski definition) is 1. The molecule has 6 heteroatoms. The van der Waals surface area contributed by atoms with Gasteiger partial charge in [0.2, 0.25) is 5.91 Å². The number of benzene rings is 1. The van der Waals surface area contributed by atoms with Crippen molar-refractivity contribution in [3.63, 3.8) is 0 Å². The maximum atomic E-state index is 12.0. The van der Waals surface area contributed by atoms with Crippen molar-refractivity contribution in [2.45, 2.75) is 26.4 Å². The lowest BCUT2D eigenvalue weighted by Crippen LogP contribution is -2.17. The van der Waals surface area contributed by atoms with E-state index in [1.165, 1.54) is 18.3 Å². The van der Waals surface area contributed by atoms with Crippen molar-refractivity contribution in [3.8, 4) is 0 Å². The van der Waals surface area contributed by atoms with Crippen LogP contribution in [-0.2, 0) is 16.0 Å². The predicted molar refractivity (Wildman–Crippen MR) is 81.4 cm³/mol. The molecule has 0 aliphatic carbocycles. The topological polar surface area (TPSA) is 68.3 Å². The van der Waals surface area contributed by atoms with Crippen LogP contribution in [0.15, 0.2) is 35.7 Å². The highest BCUT2D eigenvalue weighted by atomic mass is 32.1. The maximum Gasteiger partial charge on any atom is 0.358 e. The Bertz CT molecular complexity index is 625. The Hall–Kier alpha value is -2.21. The smallest absolute Gasteiger partial charge is 0.358 e. The monoisotopic (exact) mass is 304 g/mol. The number of rotatable bonds is 5. The molecule has 0 aliphatic heterocycles. The number of nitrogens with one attached hydrogen (secondary N) is 1. The minimum Gasteiger partial charge on any atom is -0.458 e. The van der Waals surface area contributed by atoms with Gasteiger partial charge in [-0.25, -0.2) is 9.78 Å². The minimum atomic E-state index is -0.480. The molecular weight excluding hydrogens is 288 g/mol. The molecule has 1 N–H and O–H groups in total. The number of hydrogen-bond acceptors (Lipinski definition) is 5. The van der Waals surface area contributed by atoms with Gasteiger partial charge in [-0.05, 0) is 12.5 Å². The van der Waals surface area contributed by atoms with Crippen LogP contribution in [0, 0.1) is 0 Å². The van der Waals surface area contributed by atoms with Crippen molar-refractivity contribution >= 4 is 28.3 Å². The number of amides is 1. The second kappa shape index (κ2) is 6.99. The lowest BCUT2D eigenvalue weighted by molar-refractivity contribution is -0.114. The SMILES string of the molecule is CC(=O)Nc1nc(C(=O)O[C@@H](C)Cc2ccccc2)cs1. The van der Waals surface area contributed by atoms with E-state index in [4.69, 9.17) is 4.74 Å².